The predicted octanol–water partition coefficient (Wildman–Crippen LogP) is 3.27. The van der Waals surface area contributed by atoms with E-state index in [0.29, 0.717) is 22.4 Å². The molecule has 0 bridgehead atoms. The van der Waals surface area contributed by atoms with Gasteiger partial charge in [-0.15, -0.1) is 0 Å². The highest BCUT2D eigenvalue weighted by Crippen LogP contribution is 2.18. The average molecular weight is 321 g/mol. The van der Waals surface area contributed by atoms with Crippen LogP contribution in [0.2, 0.25) is 0 Å². The van der Waals surface area contributed by atoms with Gasteiger partial charge in [0.2, 0.25) is 5.78 Å². The molecule has 0 atom stereocenters. The van der Waals surface area contributed by atoms with Crippen LogP contribution in [0.3, 0.4) is 0 Å². The molecular formula is C19H15NO4. The number of carbonyl (C=O) groups excluding carboxylic acids is 2. The summed E-state index contributed by atoms with van der Waals surface area (Å²) in [6.45, 7) is 0. The third kappa shape index (κ3) is 3.87. The summed E-state index contributed by atoms with van der Waals surface area (Å²) in [5, 5.41) is 9.28. The molecule has 2 aromatic carbocycles. The Labute approximate surface area is 139 Å². The minimum absolute atomic E-state index is 0.00549. The summed E-state index contributed by atoms with van der Waals surface area (Å²) in [5.74, 6) is -0.299. The van der Waals surface area contributed by atoms with Gasteiger partial charge in [-0.05, 0) is 35.9 Å². The Hall–Kier alpha value is -3.39. The van der Waals surface area contributed by atoms with Crippen LogP contribution in [-0.2, 0) is 4.74 Å². The molecule has 0 N–H and O–H groups in total. The number of nitrogens with zero attached hydrogens (tertiary/aromatic N) is 1. The lowest BCUT2D eigenvalue weighted by Gasteiger charge is -2.04. The lowest BCUT2D eigenvalue weighted by Crippen LogP contribution is -2.03. The molecule has 0 saturated heterocycles. The fourth-order valence-corrected chi connectivity index (χ4v) is 2.07. The SMILES string of the molecule is COC(=O)c1ccc(/C=C(/C#N)C(=O)c2cccc(OC)c2)cc1. The third-order valence-electron chi connectivity index (χ3n) is 3.34. The number of hydrogen-bond acceptors (Lipinski definition) is 5. The van der Waals surface area contributed by atoms with Crippen molar-refractivity contribution in [2.75, 3.05) is 14.2 Å². The van der Waals surface area contributed by atoms with Crippen molar-refractivity contribution in [2.24, 2.45) is 0 Å². The minimum Gasteiger partial charge on any atom is -0.497 e. The number of allylic oxidation sites excluding steroid dienone is 1. The van der Waals surface area contributed by atoms with Crippen LogP contribution in [0.15, 0.2) is 54.1 Å². The van der Waals surface area contributed by atoms with E-state index < -0.39 is 11.8 Å². The molecule has 0 aliphatic rings. The van der Waals surface area contributed by atoms with Crippen molar-refractivity contribution in [1.29, 1.82) is 5.26 Å². The lowest BCUT2D eigenvalue weighted by molar-refractivity contribution is 0.0600. The molecule has 120 valence electrons. The summed E-state index contributed by atoms with van der Waals surface area (Å²) in [5.41, 5.74) is 1.39. The molecule has 0 aromatic heterocycles. The van der Waals surface area contributed by atoms with Crippen molar-refractivity contribution in [3.8, 4) is 11.8 Å². The van der Waals surface area contributed by atoms with Crippen molar-refractivity contribution < 1.29 is 19.1 Å². The van der Waals surface area contributed by atoms with Gasteiger partial charge in [0.05, 0.1) is 19.8 Å². The fraction of sp³-hybridized carbons (Fsp3) is 0.105. The van der Waals surface area contributed by atoms with Crippen LogP contribution in [-0.4, -0.2) is 26.0 Å². The van der Waals surface area contributed by atoms with Crippen LogP contribution in [0, 0.1) is 11.3 Å². The zero-order valence-electron chi connectivity index (χ0n) is 13.3. The molecule has 0 spiro atoms. The van der Waals surface area contributed by atoms with Gasteiger partial charge in [0.1, 0.15) is 17.4 Å². The van der Waals surface area contributed by atoms with Crippen LogP contribution in [0.1, 0.15) is 26.3 Å². The molecule has 2 aromatic rings. The Kier molecular flexibility index (Phi) is 5.48. The van der Waals surface area contributed by atoms with Crippen LogP contribution < -0.4 is 4.74 Å². The molecular weight excluding hydrogens is 306 g/mol. The number of ketones is 1. The molecule has 0 unspecified atom stereocenters. The average Bonchev–Trinajstić information content (AvgIpc) is 2.65. The number of benzene rings is 2. The number of nitriles is 1. The lowest BCUT2D eigenvalue weighted by atomic mass is 10.0. The molecule has 0 amide bonds. The van der Waals surface area contributed by atoms with Crippen molar-refractivity contribution in [2.45, 2.75) is 0 Å². The van der Waals surface area contributed by atoms with Crippen molar-refractivity contribution >= 4 is 17.8 Å². The van der Waals surface area contributed by atoms with E-state index in [1.54, 1.807) is 48.5 Å². The summed E-state index contributed by atoms with van der Waals surface area (Å²) in [7, 11) is 2.81. The van der Waals surface area contributed by atoms with Crippen LogP contribution >= 0.6 is 0 Å². The molecule has 0 radical (unpaired) electrons. The van der Waals surface area contributed by atoms with E-state index in [0.717, 1.165) is 0 Å². The zero-order valence-corrected chi connectivity index (χ0v) is 13.3. The maximum absolute atomic E-state index is 12.4. The van der Waals surface area contributed by atoms with Crippen molar-refractivity contribution in [1.82, 2.24) is 0 Å². The zero-order chi connectivity index (χ0) is 17.5. The van der Waals surface area contributed by atoms with Crippen molar-refractivity contribution in [3.63, 3.8) is 0 Å². The Bertz CT molecular complexity index is 829. The fourth-order valence-electron chi connectivity index (χ4n) is 2.07. The maximum atomic E-state index is 12.4. The Morgan fingerprint density at radius 1 is 1.04 bits per heavy atom. The number of hydrogen-bond donors (Lipinski definition) is 0. The number of esters is 1. The molecule has 24 heavy (non-hydrogen) atoms. The van der Waals surface area contributed by atoms with Gasteiger partial charge < -0.3 is 9.47 Å². The van der Waals surface area contributed by atoms with Crippen LogP contribution in [0.5, 0.6) is 5.75 Å². The third-order valence-corrected chi connectivity index (χ3v) is 3.34. The number of ether oxygens (including phenoxy) is 2. The molecule has 5 heteroatoms. The normalized spacial score (nSPS) is 10.6. The van der Waals surface area contributed by atoms with E-state index in [1.807, 2.05) is 6.07 Å². The molecule has 0 saturated carbocycles. The number of Topliss-reactive ketones (excluding diaryl/α,β-unsaturated/α-hetero) is 1. The first kappa shape index (κ1) is 17.0. The Balaban J connectivity index is 2.30. The largest absolute Gasteiger partial charge is 0.497 e. The van der Waals surface area contributed by atoms with E-state index in [-0.39, 0.29) is 5.57 Å². The number of methoxy groups -OCH3 is 2. The van der Waals surface area contributed by atoms with Gasteiger partial charge in [0, 0.05) is 5.56 Å². The number of rotatable bonds is 5. The Morgan fingerprint density at radius 2 is 1.75 bits per heavy atom. The molecule has 5 nitrogen and oxygen atoms in total. The highest BCUT2D eigenvalue weighted by molar-refractivity contribution is 6.14. The van der Waals surface area contributed by atoms with Gasteiger partial charge in [-0.2, -0.15) is 5.26 Å². The maximum Gasteiger partial charge on any atom is 0.337 e. The quantitative estimate of drug-likeness (QED) is 0.365. The molecule has 0 fully saturated rings. The van der Waals surface area contributed by atoms with Gasteiger partial charge in [0.25, 0.3) is 0 Å². The second-order valence-electron chi connectivity index (χ2n) is 4.84. The first-order valence-corrected chi connectivity index (χ1v) is 7.08. The highest BCUT2D eigenvalue weighted by atomic mass is 16.5. The van der Waals surface area contributed by atoms with Crippen molar-refractivity contribution in [3.05, 3.63) is 70.8 Å². The van der Waals surface area contributed by atoms with Crippen LogP contribution in [0.25, 0.3) is 6.08 Å². The predicted molar refractivity (Wildman–Crippen MR) is 88.7 cm³/mol. The molecule has 0 heterocycles. The van der Waals surface area contributed by atoms with Gasteiger partial charge in [0.15, 0.2) is 0 Å². The standard InChI is InChI=1S/C19H15NO4/c1-23-17-5-3-4-15(11-17)18(21)16(12-20)10-13-6-8-14(9-7-13)19(22)24-2/h3-11H,1-2H3/b16-10-. The highest BCUT2D eigenvalue weighted by Gasteiger charge is 2.13. The molecule has 2 rings (SSSR count). The smallest absolute Gasteiger partial charge is 0.337 e. The molecule has 0 aliphatic carbocycles. The van der Waals surface area contributed by atoms with E-state index >= 15 is 0 Å². The summed E-state index contributed by atoms with van der Waals surface area (Å²) in [6, 6.07) is 14.9. The van der Waals surface area contributed by atoms with E-state index in [2.05, 4.69) is 4.74 Å². The summed E-state index contributed by atoms with van der Waals surface area (Å²) < 4.78 is 9.71. The van der Waals surface area contributed by atoms with E-state index in [1.165, 1.54) is 20.3 Å². The second kappa shape index (κ2) is 7.75. The van der Waals surface area contributed by atoms with Gasteiger partial charge in [-0.3, -0.25) is 4.79 Å². The number of carbonyl (C=O) groups is 2. The van der Waals surface area contributed by atoms with Gasteiger partial charge in [-0.1, -0.05) is 24.3 Å². The van der Waals surface area contributed by atoms with Gasteiger partial charge >= 0.3 is 5.97 Å². The summed E-state index contributed by atoms with van der Waals surface area (Å²) in [4.78, 5) is 23.9. The first-order chi connectivity index (χ1) is 11.6. The minimum atomic E-state index is -0.446. The van der Waals surface area contributed by atoms with E-state index in [9.17, 15) is 14.9 Å². The van der Waals surface area contributed by atoms with E-state index in [4.69, 9.17) is 4.74 Å². The summed E-state index contributed by atoms with van der Waals surface area (Å²) in [6.07, 6.45) is 1.48. The summed E-state index contributed by atoms with van der Waals surface area (Å²) >= 11 is 0. The van der Waals surface area contributed by atoms with Crippen LogP contribution in [0.4, 0.5) is 0 Å². The van der Waals surface area contributed by atoms with Gasteiger partial charge in [-0.25, -0.2) is 4.79 Å². The Morgan fingerprint density at radius 3 is 2.33 bits per heavy atom. The first-order valence-electron chi connectivity index (χ1n) is 7.08. The molecule has 0 aliphatic heterocycles. The second-order valence-corrected chi connectivity index (χ2v) is 4.84. The monoisotopic (exact) mass is 321 g/mol. The topological polar surface area (TPSA) is 76.4 Å².